The average Bonchev–Trinajstić information content (AvgIpc) is 2.75. The fourth-order valence-corrected chi connectivity index (χ4v) is 2.73. The molecule has 0 spiro atoms. The summed E-state index contributed by atoms with van der Waals surface area (Å²) in [5.41, 5.74) is 8.50. The van der Waals surface area contributed by atoms with Gasteiger partial charge < -0.3 is 10.3 Å². The number of nitrogen functional groups attached to an aromatic ring is 1. The van der Waals surface area contributed by atoms with Crippen molar-refractivity contribution in [2.45, 2.75) is 13.0 Å². The molecule has 0 aliphatic carbocycles. The molecule has 0 saturated carbocycles. The summed E-state index contributed by atoms with van der Waals surface area (Å²) in [5, 5.41) is 0. The minimum atomic E-state index is -0.338. The zero-order valence-electron chi connectivity index (χ0n) is 10.8. The molecule has 0 saturated heterocycles. The molecule has 5 heteroatoms. The predicted molar refractivity (Wildman–Crippen MR) is 82.1 cm³/mol. The lowest BCUT2D eigenvalue weighted by molar-refractivity contribution is 0.622. The van der Waals surface area contributed by atoms with E-state index in [-0.39, 0.29) is 11.9 Å². The topological polar surface area (TPSA) is 43.8 Å². The van der Waals surface area contributed by atoms with E-state index in [1.165, 1.54) is 6.07 Å². The Kier molecular flexibility index (Phi) is 3.22. The lowest BCUT2D eigenvalue weighted by Gasteiger charge is -2.16. The Morgan fingerprint density at radius 1 is 1.25 bits per heavy atom. The van der Waals surface area contributed by atoms with Crippen LogP contribution >= 0.6 is 15.9 Å². The van der Waals surface area contributed by atoms with E-state index >= 15 is 0 Å². The molecule has 1 atom stereocenters. The van der Waals surface area contributed by atoms with Crippen LogP contribution in [0.3, 0.4) is 0 Å². The number of nitrogens with zero attached hydrogens (tertiary/aromatic N) is 2. The molecule has 3 aromatic rings. The first-order valence-corrected chi connectivity index (χ1v) is 7.04. The number of rotatable bonds is 2. The number of benzene rings is 2. The van der Waals surface area contributed by atoms with Gasteiger partial charge in [0.1, 0.15) is 5.82 Å². The Morgan fingerprint density at radius 3 is 2.65 bits per heavy atom. The van der Waals surface area contributed by atoms with Crippen molar-refractivity contribution in [3.8, 4) is 0 Å². The highest BCUT2D eigenvalue weighted by atomic mass is 79.9. The van der Waals surface area contributed by atoms with E-state index in [9.17, 15) is 4.39 Å². The Labute approximate surface area is 124 Å². The predicted octanol–water partition coefficient (Wildman–Crippen LogP) is 4.13. The Hall–Kier alpha value is -1.88. The number of nitrogens with two attached hydrogens (primary N) is 1. The molecule has 0 bridgehead atoms. The number of fused-ring (bicyclic) bond motifs is 1. The molecule has 2 aromatic carbocycles. The maximum Gasteiger partial charge on any atom is 0.201 e. The number of anilines is 1. The van der Waals surface area contributed by atoms with Gasteiger partial charge in [-0.1, -0.05) is 30.3 Å². The summed E-state index contributed by atoms with van der Waals surface area (Å²) in [7, 11) is 0. The van der Waals surface area contributed by atoms with Crippen LogP contribution in [0.15, 0.2) is 46.9 Å². The van der Waals surface area contributed by atoms with E-state index in [2.05, 4.69) is 20.9 Å². The van der Waals surface area contributed by atoms with Crippen LogP contribution < -0.4 is 5.73 Å². The average molecular weight is 334 g/mol. The second-order valence-electron chi connectivity index (χ2n) is 4.68. The van der Waals surface area contributed by atoms with Gasteiger partial charge >= 0.3 is 0 Å². The molecule has 0 aliphatic rings. The van der Waals surface area contributed by atoms with E-state index in [0.717, 1.165) is 11.1 Å². The summed E-state index contributed by atoms with van der Waals surface area (Å²) in [6.45, 7) is 2.05. The summed E-state index contributed by atoms with van der Waals surface area (Å²) in [6, 6.07) is 13.1. The van der Waals surface area contributed by atoms with E-state index in [1.807, 2.05) is 41.8 Å². The summed E-state index contributed by atoms with van der Waals surface area (Å²) in [4.78, 5) is 4.24. The Morgan fingerprint density at radius 2 is 1.95 bits per heavy atom. The van der Waals surface area contributed by atoms with Crippen LogP contribution in [-0.4, -0.2) is 9.55 Å². The quantitative estimate of drug-likeness (QED) is 0.766. The molecule has 0 radical (unpaired) electrons. The van der Waals surface area contributed by atoms with Gasteiger partial charge in [0.2, 0.25) is 5.95 Å². The van der Waals surface area contributed by atoms with Gasteiger partial charge in [0.15, 0.2) is 0 Å². The van der Waals surface area contributed by atoms with Crippen molar-refractivity contribution in [3.63, 3.8) is 0 Å². The molecule has 2 N–H and O–H groups in total. The van der Waals surface area contributed by atoms with Gasteiger partial charge in [-0.25, -0.2) is 9.37 Å². The van der Waals surface area contributed by atoms with Crippen molar-refractivity contribution in [1.82, 2.24) is 9.55 Å². The maximum atomic E-state index is 13.6. The molecule has 1 heterocycles. The van der Waals surface area contributed by atoms with Crippen molar-refractivity contribution in [1.29, 1.82) is 0 Å². The normalized spacial score (nSPS) is 12.8. The zero-order valence-corrected chi connectivity index (χ0v) is 12.4. The molecule has 0 amide bonds. The third kappa shape index (κ3) is 2.08. The lowest BCUT2D eigenvalue weighted by Crippen LogP contribution is -2.10. The summed E-state index contributed by atoms with van der Waals surface area (Å²) < 4.78 is 15.9. The summed E-state index contributed by atoms with van der Waals surface area (Å²) in [5.74, 6) is 0.0448. The van der Waals surface area contributed by atoms with Gasteiger partial charge in [-0.15, -0.1) is 0 Å². The van der Waals surface area contributed by atoms with Crippen molar-refractivity contribution >= 4 is 32.9 Å². The molecule has 1 aromatic heterocycles. The molecule has 102 valence electrons. The number of aromatic nitrogens is 2. The first kappa shape index (κ1) is 13.1. The molecule has 3 nitrogen and oxygen atoms in total. The minimum absolute atomic E-state index is 0.0264. The Balaban J connectivity index is 2.21. The van der Waals surface area contributed by atoms with E-state index in [1.54, 1.807) is 6.07 Å². The van der Waals surface area contributed by atoms with Gasteiger partial charge in [-0.2, -0.15) is 0 Å². The van der Waals surface area contributed by atoms with Gasteiger partial charge in [0.05, 0.1) is 21.5 Å². The number of hydrogen-bond acceptors (Lipinski definition) is 2. The second-order valence-corrected chi connectivity index (χ2v) is 5.54. The highest BCUT2D eigenvalue weighted by Crippen LogP contribution is 2.30. The van der Waals surface area contributed by atoms with Crippen molar-refractivity contribution in [2.75, 3.05) is 5.73 Å². The zero-order chi connectivity index (χ0) is 14.3. The molecule has 0 aliphatic heterocycles. The number of halogens is 2. The van der Waals surface area contributed by atoms with Gasteiger partial charge in [0, 0.05) is 6.07 Å². The molecular formula is C15H13BrFN3. The minimum Gasteiger partial charge on any atom is -0.369 e. The molecule has 0 unspecified atom stereocenters. The Bertz CT molecular complexity index is 768. The highest BCUT2D eigenvalue weighted by Gasteiger charge is 2.17. The number of hydrogen-bond donors (Lipinski definition) is 1. The SMILES string of the molecule is C[C@H](c1ccccc1)n1c(N)nc2cc(F)c(Br)cc21. The number of imidazole rings is 1. The fourth-order valence-electron chi connectivity index (χ4n) is 2.40. The summed E-state index contributed by atoms with van der Waals surface area (Å²) >= 11 is 3.21. The van der Waals surface area contributed by atoms with Crippen LogP contribution in [0.25, 0.3) is 11.0 Å². The molecule has 0 fully saturated rings. The van der Waals surface area contributed by atoms with Crippen LogP contribution in [0.5, 0.6) is 0 Å². The van der Waals surface area contributed by atoms with Crippen LogP contribution in [-0.2, 0) is 0 Å². The molecule has 3 rings (SSSR count). The van der Waals surface area contributed by atoms with Crippen molar-refractivity contribution < 1.29 is 4.39 Å². The van der Waals surface area contributed by atoms with E-state index < -0.39 is 0 Å². The third-order valence-electron chi connectivity index (χ3n) is 3.43. The van der Waals surface area contributed by atoms with Crippen LogP contribution in [0, 0.1) is 5.82 Å². The van der Waals surface area contributed by atoms with Gasteiger partial charge in [-0.05, 0) is 34.5 Å². The van der Waals surface area contributed by atoms with Crippen molar-refractivity contribution in [2.24, 2.45) is 0 Å². The highest BCUT2D eigenvalue weighted by molar-refractivity contribution is 9.10. The third-order valence-corrected chi connectivity index (χ3v) is 4.04. The monoisotopic (exact) mass is 333 g/mol. The summed E-state index contributed by atoms with van der Waals surface area (Å²) in [6.07, 6.45) is 0. The standard InChI is InChI=1S/C15H13BrFN3/c1-9(10-5-3-2-4-6-10)20-14-7-11(16)12(17)8-13(14)19-15(20)18/h2-9H,1H3,(H2,18,19)/t9-/m1/s1. The van der Waals surface area contributed by atoms with E-state index in [0.29, 0.717) is 15.9 Å². The smallest absolute Gasteiger partial charge is 0.201 e. The molecular weight excluding hydrogens is 321 g/mol. The van der Waals surface area contributed by atoms with Crippen LogP contribution in [0.4, 0.5) is 10.3 Å². The first-order valence-electron chi connectivity index (χ1n) is 6.25. The maximum absolute atomic E-state index is 13.6. The lowest BCUT2D eigenvalue weighted by atomic mass is 10.1. The fraction of sp³-hybridized carbons (Fsp3) is 0.133. The van der Waals surface area contributed by atoms with Crippen LogP contribution in [0.2, 0.25) is 0 Å². The largest absolute Gasteiger partial charge is 0.369 e. The van der Waals surface area contributed by atoms with E-state index in [4.69, 9.17) is 5.73 Å². The second kappa shape index (κ2) is 4.90. The first-order chi connectivity index (χ1) is 9.58. The van der Waals surface area contributed by atoms with Gasteiger partial charge in [-0.3, -0.25) is 0 Å². The van der Waals surface area contributed by atoms with Crippen molar-refractivity contribution in [3.05, 3.63) is 58.3 Å². The van der Waals surface area contributed by atoms with Crippen LogP contribution in [0.1, 0.15) is 18.5 Å². The van der Waals surface area contributed by atoms with Gasteiger partial charge in [0.25, 0.3) is 0 Å². The molecule has 20 heavy (non-hydrogen) atoms.